The van der Waals surface area contributed by atoms with Gasteiger partial charge in [-0.1, -0.05) is 19.1 Å². The summed E-state index contributed by atoms with van der Waals surface area (Å²) in [5.41, 5.74) is 2.20. The van der Waals surface area contributed by atoms with Crippen LogP contribution in [0.3, 0.4) is 0 Å². The highest BCUT2D eigenvalue weighted by Gasteiger charge is 2.08. The Balaban J connectivity index is 2.41. The fourth-order valence-electron chi connectivity index (χ4n) is 1.69. The SMILES string of the molecule is CCCNc1nc(C)cn1-c1ccccc1I. The van der Waals surface area contributed by atoms with Gasteiger partial charge in [-0.25, -0.2) is 4.98 Å². The van der Waals surface area contributed by atoms with Crippen LogP contribution in [-0.2, 0) is 0 Å². The Morgan fingerprint density at radius 3 is 2.82 bits per heavy atom. The van der Waals surface area contributed by atoms with Gasteiger partial charge in [-0.2, -0.15) is 0 Å². The molecular weight excluding hydrogens is 325 g/mol. The molecule has 1 aromatic heterocycles. The van der Waals surface area contributed by atoms with Crippen molar-refractivity contribution in [1.29, 1.82) is 0 Å². The summed E-state index contributed by atoms with van der Waals surface area (Å²) in [4.78, 5) is 4.51. The number of hydrogen-bond acceptors (Lipinski definition) is 2. The summed E-state index contributed by atoms with van der Waals surface area (Å²) in [5.74, 6) is 0.925. The van der Waals surface area contributed by atoms with Crippen LogP contribution >= 0.6 is 22.6 Å². The molecule has 2 aromatic rings. The molecule has 0 saturated carbocycles. The average Bonchev–Trinajstić information content (AvgIpc) is 2.68. The van der Waals surface area contributed by atoms with Gasteiger partial charge >= 0.3 is 0 Å². The van der Waals surface area contributed by atoms with E-state index in [0.717, 1.165) is 24.6 Å². The molecule has 4 heteroatoms. The lowest BCUT2D eigenvalue weighted by Crippen LogP contribution is -2.07. The number of aromatic nitrogens is 2. The van der Waals surface area contributed by atoms with E-state index in [9.17, 15) is 0 Å². The van der Waals surface area contributed by atoms with Gasteiger partial charge in [0, 0.05) is 16.3 Å². The standard InChI is InChI=1S/C13H16IN3/c1-3-8-15-13-16-10(2)9-17(13)12-7-5-4-6-11(12)14/h4-7,9H,3,8H2,1-2H3,(H,15,16). The second-order valence-corrected chi connectivity index (χ2v) is 5.12. The van der Waals surface area contributed by atoms with E-state index in [4.69, 9.17) is 0 Å². The lowest BCUT2D eigenvalue weighted by Gasteiger charge is -2.10. The third kappa shape index (κ3) is 2.80. The molecule has 0 aliphatic rings. The first-order valence-corrected chi connectivity index (χ1v) is 6.85. The van der Waals surface area contributed by atoms with Gasteiger partial charge in [0.15, 0.2) is 0 Å². The fourth-order valence-corrected chi connectivity index (χ4v) is 2.34. The van der Waals surface area contributed by atoms with Crippen LogP contribution in [0.25, 0.3) is 5.69 Å². The second-order valence-electron chi connectivity index (χ2n) is 3.95. The van der Waals surface area contributed by atoms with Crippen LogP contribution in [0.4, 0.5) is 5.95 Å². The maximum absolute atomic E-state index is 4.51. The van der Waals surface area contributed by atoms with Crippen LogP contribution in [0, 0.1) is 10.5 Å². The normalized spacial score (nSPS) is 10.5. The number of halogens is 1. The molecule has 0 spiro atoms. The van der Waals surface area contributed by atoms with E-state index in [-0.39, 0.29) is 0 Å². The van der Waals surface area contributed by atoms with Crippen molar-refractivity contribution in [3.63, 3.8) is 0 Å². The topological polar surface area (TPSA) is 29.9 Å². The molecule has 0 bridgehead atoms. The Kier molecular flexibility index (Phi) is 4.04. The molecule has 1 heterocycles. The molecule has 3 nitrogen and oxygen atoms in total. The Bertz CT molecular complexity index is 505. The van der Waals surface area contributed by atoms with Crippen molar-refractivity contribution in [1.82, 2.24) is 9.55 Å². The minimum atomic E-state index is 0.925. The van der Waals surface area contributed by atoms with Gasteiger partial charge in [0.05, 0.1) is 11.4 Å². The number of aryl methyl sites for hydroxylation is 1. The number of para-hydroxylation sites is 1. The van der Waals surface area contributed by atoms with Gasteiger partial charge in [0.2, 0.25) is 5.95 Å². The van der Waals surface area contributed by atoms with Crippen molar-refractivity contribution in [3.8, 4) is 5.69 Å². The second kappa shape index (κ2) is 5.53. The largest absolute Gasteiger partial charge is 0.355 e. The Morgan fingerprint density at radius 2 is 2.12 bits per heavy atom. The molecule has 90 valence electrons. The molecule has 0 atom stereocenters. The number of hydrogen-bond donors (Lipinski definition) is 1. The summed E-state index contributed by atoms with van der Waals surface area (Å²) in [6, 6.07) is 8.32. The van der Waals surface area contributed by atoms with Gasteiger partial charge < -0.3 is 5.32 Å². The van der Waals surface area contributed by atoms with Crippen molar-refractivity contribution < 1.29 is 0 Å². The van der Waals surface area contributed by atoms with E-state index < -0.39 is 0 Å². The molecule has 0 fully saturated rings. The Labute approximate surface area is 115 Å². The zero-order valence-corrected chi connectivity index (χ0v) is 12.2. The van der Waals surface area contributed by atoms with E-state index in [0.29, 0.717) is 0 Å². The maximum Gasteiger partial charge on any atom is 0.207 e. The Morgan fingerprint density at radius 1 is 1.35 bits per heavy atom. The summed E-state index contributed by atoms with van der Waals surface area (Å²) in [6.45, 7) is 5.11. The van der Waals surface area contributed by atoms with Crippen molar-refractivity contribution in [2.45, 2.75) is 20.3 Å². The molecule has 1 N–H and O–H groups in total. The zero-order valence-electron chi connectivity index (χ0n) is 10.1. The first-order chi connectivity index (χ1) is 8.22. The number of anilines is 1. The van der Waals surface area contributed by atoms with E-state index in [1.165, 1.54) is 9.26 Å². The maximum atomic E-state index is 4.51. The number of nitrogens with zero attached hydrogens (tertiary/aromatic N) is 2. The number of imidazole rings is 1. The zero-order chi connectivity index (χ0) is 12.3. The number of nitrogens with one attached hydrogen (secondary N) is 1. The first kappa shape index (κ1) is 12.4. The van der Waals surface area contributed by atoms with Crippen LogP contribution in [0.1, 0.15) is 19.0 Å². The molecule has 0 radical (unpaired) electrons. The third-order valence-electron chi connectivity index (χ3n) is 2.47. The Hall–Kier alpha value is -1.04. The highest BCUT2D eigenvalue weighted by molar-refractivity contribution is 14.1. The molecular formula is C13H16IN3. The van der Waals surface area contributed by atoms with Crippen LogP contribution in [0.15, 0.2) is 30.5 Å². The molecule has 0 amide bonds. The highest BCUT2D eigenvalue weighted by Crippen LogP contribution is 2.21. The third-order valence-corrected chi connectivity index (χ3v) is 3.38. The molecule has 0 aliphatic carbocycles. The molecule has 0 aliphatic heterocycles. The monoisotopic (exact) mass is 341 g/mol. The van der Waals surface area contributed by atoms with Gasteiger partial charge in [0.1, 0.15) is 0 Å². The summed E-state index contributed by atoms with van der Waals surface area (Å²) < 4.78 is 3.34. The first-order valence-electron chi connectivity index (χ1n) is 5.77. The summed E-state index contributed by atoms with van der Waals surface area (Å²) in [7, 11) is 0. The van der Waals surface area contributed by atoms with E-state index in [2.05, 4.69) is 68.8 Å². The van der Waals surface area contributed by atoms with Gasteiger partial charge in [0.25, 0.3) is 0 Å². The highest BCUT2D eigenvalue weighted by atomic mass is 127. The summed E-state index contributed by atoms with van der Waals surface area (Å²) in [6.07, 6.45) is 3.16. The minimum Gasteiger partial charge on any atom is -0.355 e. The molecule has 0 unspecified atom stereocenters. The van der Waals surface area contributed by atoms with E-state index >= 15 is 0 Å². The van der Waals surface area contributed by atoms with Crippen molar-refractivity contribution in [3.05, 3.63) is 39.7 Å². The summed E-state index contributed by atoms with van der Waals surface area (Å²) in [5, 5.41) is 3.36. The lowest BCUT2D eigenvalue weighted by atomic mass is 10.3. The van der Waals surface area contributed by atoms with Crippen LogP contribution in [0.5, 0.6) is 0 Å². The predicted molar refractivity (Wildman–Crippen MR) is 79.8 cm³/mol. The van der Waals surface area contributed by atoms with Gasteiger partial charge in [-0.3, -0.25) is 4.57 Å². The van der Waals surface area contributed by atoms with E-state index in [1.54, 1.807) is 0 Å². The van der Waals surface area contributed by atoms with Crippen LogP contribution in [0.2, 0.25) is 0 Å². The number of benzene rings is 1. The lowest BCUT2D eigenvalue weighted by molar-refractivity contribution is 0.935. The minimum absolute atomic E-state index is 0.925. The quantitative estimate of drug-likeness (QED) is 0.861. The summed E-state index contributed by atoms with van der Waals surface area (Å²) >= 11 is 2.35. The smallest absolute Gasteiger partial charge is 0.207 e. The van der Waals surface area contributed by atoms with Crippen molar-refractivity contribution in [2.24, 2.45) is 0 Å². The molecule has 0 saturated heterocycles. The predicted octanol–water partition coefficient (Wildman–Crippen LogP) is 3.61. The molecule has 17 heavy (non-hydrogen) atoms. The average molecular weight is 341 g/mol. The van der Waals surface area contributed by atoms with Gasteiger partial charge in [-0.05, 0) is 48.1 Å². The van der Waals surface area contributed by atoms with Crippen LogP contribution in [-0.4, -0.2) is 16.1 Å². The van der Waals surface area contributed by atoms with Crippen LogP contribution < -0.4 is 5.32 Å². The fraction of sp³-hybridized carbons (Fsp3) is 0.308. The van der Waals surface area contributed by atoms with Crippen molar-refractivity contribution >= 4 is 28.5 Å². The number of rotatable bonds is 4. The van der Waals surface area contributed by atoms with E-state index in [1.807, 2.05) is 13.0 Å². The van der Waals surface area contributed by atoms with Gasteiger partial charge in [-0.15, -0.1) is 0 Å². The molecule has 2 rings (SSSR count). The molecule has 1 aromatic carbocycles. The van der Waals surface area contributed by atoms with Crippen molar-refractivity contribution in [2.75, 3.05) is 11.9 Å².